The molecule has 2 rings (SSSR count). The molecule has 0 N–H and O–H groups in total. The van der Waals surface area contributed by atoms with Gasteiger partial charge in [0.15, 0.2) is 0 Å². The molecule has 0 amide bonds. The maximum absolute atomic E-state index is 2.48. The van der Waals surface area contributed by atoms with Crippen molar-refractivity contribution in [2.24, 2.45) is 11.3 Å². The lowest BCUT2D eigenvalue weighted by molar-refractivity contribution is 0.173. The number of halogens is 1. The zero-order valence-corrected chi connectivity index (χ0v) is 10.0. The van der Waals surface area contributed by atoms with Crippen LogP contribution in [-0.4, -0.2) is 16.2 Å². The predicted octanol–water partition coefficient (Wildman–Crippen LogP) is 3.24. The average molecular weight is 279 g/mol. The Balaban J connectivity index is 1.95. The minimum atomic E-state index is 0.744. The standard InChI is InChI=1S/C10H18IN/c1-9-2-4-10(5-3-9)6-7-12(11)8-10/h9H,2-8H2,1H3. The molecule has 1 saturated heterocycles. The molecule has 0 bridgehead atoms. The summed E-state index contributed by atoms with van der Waals surface area (Å²) in [4.78, 5) is 0. The monoisotopic (exact) mass is 279 g/mol. The molecule has 0 aromatic heterocycles. The molecule has 0 atom stereocenters. The van der Waals surface area contributed by atoms with E-state index in [-0.39, 0.29) is 0 Å². The van der Waals surface area contributed by atoms with Gasteiger partial charge in [-0.2, -0.15) is 0 Å². The number of rotatable bonds is 0. The Bertz CT molecular complexity index is 161. The minimum absolute atomic E-state index is 0.744. The summed E-state index contributed by atoms with van der Waals surface area (Å²) < 4.78 is 2.48. The summed E-state index contributed by atoms with van der Waals surface area (Å²) in [6.07, 6.45) is 7.40. The summed E-state index contributed by atoms with van der Waals surface area (Å²) in [5.41, 5.74) is 0.744. The van der Waals surface area contributed by atoms with E-state index in [9.17, 15) is 0 Å². The molecule has 2 fully saturated rings. The van der Waals surface area contributed by atoms with Crippen LogP contribution in [0.2, 0.25) is 0 Å². The Morgan fingerprint density at radius 1 is 1.25 bits per heavy atom. The highest BCUT2D eigenvalue weighted by Gasteiger charge is 2.39. The fraction of sp³-hybridized carbons (Fsp3) is 1.00. The van der Waals surface area contributed by atoms with Gasteiger partial charge in [0.25, 0.3) is 0 Å². The van der Waals surface area contributed by atoms with Crippen molar-refractivity contribution in [1.82, 2.24) is 3.11 Å². The van der Waals surface area contributed by atoms with Crippen LogP contribution in [0.15, 0.2) is 0 Å². The summed E-state index contributed by atoms with van der Waals surface area (Å²) in [6, 6.07) is 0. The lowest BCUT2D eigenvalue weighted by Gasteiger charge is -2.35. The van der Waals surface area contributed by atoms with E-state index in [4.69, 9.17) is 0 Å². The van der Waals surface area contributed by atoms with Crippen LogP contribution in [0, 0.1) is 11.3 Å². The topological polar surface area (TPSA) is 3.24 Å². The second-order valence-corrected chi connectivity index (χ2v) is 6.14. The molecule has 2 heteroatoms. The van der Waals surface area contributed by atoms with Crippen molar-refractivity contribution < 1.29 is 0 Å². The van der Waals surface area contributed by atoms with Gasteiger partial charge in [-0.15, -0.1) is 0 Å². The lowest BCUT2D eigenvalue weighted by atomic mass is 9.70. The molecule has 1 spiro atoms. The largest absolute Gasteiger partial charge is 0.247 e. The van der Waals surface area contributed by atoms with E-state index in [2.05, 4.69) is 32.9 Å². The lowest BCUT2D eigenvalue weighted by Crippen LogP contribution is -2.28. The number of hydrogen-bond donors (Lipinski definition) is 0. The molecule has 1 aliphatic heterocycles. The van der Waals surface area contributed by atoms with Crippen LogP contribution in [0.1, 0.15) is 39.0 Å². The smallest absolute Gasteiger partial charge is 0.0201 e. The van der Waals surface area contributed by atoms with E-state index >= 15 is 0 Å². The third kappa shape index (κ3) is 1.79. The molecule has 1 aliphatic carbocycles. The minimum Gasteiger partial charge on any atom is -0.247 e. The van der Waals surface area contributed by atoms with E-state index in [0.717, 1.165) is 11.3 Å². The first kappa shape index (κ1) is 9.25. The van der Waals surface area contributed by atoms with Crippen molar-refractivity contribution in [3.63, 3.8) is 0 Å². The molecule has 2 aliphatic rings. The summed E-state index contributed by atoms with van der Waals surface area (Å²) in [6.45, 7) is 5.10. The highest BCUT2D eigenvalue weighted by Crippen LogP contribution is 2.45. The van der Waals surface area contributed by atoms with Crippen LogP contribution in [0.5, 0.6) is 0 Å². The fourth-order valence-electron chi connectivity index (χ4n) is 2.66. The third-order valence-corrected chi connectivity index (χ3v) is 4.55. The van der Waals surface area contributed by atoms with E-state index < -0.39 is 0 Å². The molecule has 0 unspecified atom stereocenters. The molecule has 12 heavy (non-hydrogen) atoms. The fourth-order valence-corrected chi connectivity index (χ4v) is 3.63. The molecular formula is C10H18IN. The van der Waals surface area contributed by atoms with Gasteiger partial charge in [-0.25, -0.2) is 3.11 Å². The Morgan fingerprint density at radius 2 is 1.92 bits per heavy atom. The van der Waals surface area contributed by atoms with Crippen molar-refractivity contribution >= 4 is 22.9 Å². The van der Waals surface area contributed by atoms with Crippen LogP contribution in [0.25, 0.3) is 0 Å². The quantitative estimate of drug-likeness (QED) is 0.486. The molecule has 0 aromatic carbocycles. The second kappa shape index (κ2) is 3.45. The summed E-state index contributed by atoms with van der Waals surface area (Å²) in [7, 11) is 0. The van der Waals surface area contributed by atoms with E-state index in [0.29, 0.717) is 0 Å². The number of hydrogen-bond acceptors (Lipinski definition) is 1. The zero-order chi connectivity index (χ0) is 8.60. The maximum Gasteiger partial charge on any atom is 0.0201 e. The van der Waals surface area contributed by atoms with Gasteiger partial charge in [-0.1, -0.05) is 19.8 Å². The van der Waals surface area contributed by atoms with E-state index in [1.807, 2.05) is 0 Å². The van der Waals surface area contributed by atoms with Gasteiger partial charge in [0.2, 0.25) is 0 Å². The van der Waals surface area contributed by atoms with Gasteiger partial charge in [-0.05, 0) is 30.6 Å². The second-order valence-electron chi connectivity index (χ2n) is 4.78. The highest BCUT2D eigenvalue weighted by atomic mass is 127. The van der Waals surface area contributed by atoms with E-state index in [1.165, 1.54) is 45.2 Å². The maximum atomic E-state index is 2.48. The SMILES string of the molecule is CC1CCC2(CC1)CCN(I)C2. The molecule has 70 valence electrons. The summed E-state index contributed by atoms with van der Waals surface area (Å²) >= 11 is 2.48. The first-order valence-corrected chi connectivity index (χ1v) is 6.07. The molecule has 1 heterocycles. The van der Waals surface area contributed by atoms with Crippen molar-refractivity contribution in [3.8, 4) is 0 Å². The van der Waals surface area contributed by atoms with Crippen LogP contribution in [-0.2, 0) is 0 Å². The molecular weight excluding hydrogens is 261 g/mol. The van der Waals surface area contributed by atoms with Crippen LogP contribution >= 0.6 is 22.9 Å². The molecule has 1 nitrogen and oxygen atoms in total. The molecule has 0 radical (unpaired) electrons. The van der Waals surface area contributed by atoms with Gasteiger partial charge in [0.05, 0.1) is 0 Å². The first-order valence-electron chi connectivity index (χ1n) is 5.11. The zero-order valence-electron chi connectivity index (χ0n) is 7.85. The van der Waals surface area contributed by atoms with Crippen LogP contribution < -0.4 is 0 Å². The van der Waals surface area contributed by atoms with Crippen molar-refractivity contribution in [2.45, 2.75) is 39.0 Å². The predicted molar refractivity (Wildman–Crippen MR) is 60.3 cm³/mol. The Labute approximate surface area is 89.4 Å². The van der Waals surface area contributed by atoms with Crippen molar-refractivity contribution in [1.29, 1.82) is 0 Å². The normalized spacial score (nSPS) is 44.0. The Morgan fingerprint density at radius 3 is 2.42 bits per heavy atom. The van der Waals surface area contributed by atoms with Crippen molar-refractivity contribution in [3.05, 3.63) is 0 Å². The molecule has 1 saturated carbocycles. The van der Waals surface area contributed by atoms with Gasteiger partial charge in [0.1, 0.15) is 0 Å². The number of nitrogens with zero attached hydrogens (tertiary/aromatic N) is 1. The first-order chi connectivity index (χ1) is 5.70. The Kier molecular flexibility index (Phi) is 2.66. The van der Waals surface area contributed by atoms with Gasteiger partial charge in [0, 0.05) is 36.0 Å². The summed E-state index contributed by atoms with van der Waals surface area (Å²) in [5.74, 6) is 0.999. The van der Waals surface area contributed by atoms with E-state index in [1.54, 1.807) is 0 Å². The van der Waals surface area contributed by atoms with Gasteiger partial charge >= 0.3 is 0 Å². The van der Waals surface area contributed by atoms with Crippen LogP contribution in [0.3, 0.4) is 0 Å². The van der Waals surface area contributed by atoms with Gasteiger partial charge < -0.3 is 0 Å². The van der Waals surface area contributed by atoms with Gasteiger partial charge in [-0.3, -0.25) is 0 Å². The molecule has 0 aromatic rings. The average Bonchev–Trinajstić information content (AvgIpc) is 2.40. The Hall–Kier alpha value is 0.690. The summed E-state index contributed by atoms with van der Waals surface area (Å²) in [5, 5.41) is 0. The van der Waals surface area contributed by atoms with Crippen LogP contribution in [0.4, 0.5) is 0 Å². The third-order valence-electron chi connectivity index (χ3n) is 3.73. The highest BCUT2D eigenvalue weighted by molar-refractivity contribution is 14.1. The van der Waals surface area contributed by atoms with Crippen molar-refractivity contribution in [2.75, 3.05) is 13.1 Å².